The van der Waals surface area contributed by atoms with E-state index in [2.05, 4.69) is 9.62 Å². The van der Waals surface area contributed by atoms with Crippen molar-refractivity contribution in [1.29, 1.82) is 0 Å². The van der Waals surface area contributed by atoms with E-state index < -0.39 is 15.8 Å². The Morgan fingerprint density at radius 1 is 1.35 bits per heavy atom. The Morgan fingerprint density at radius 2 is 2.05 bits per heavy atom. The number of hydrogen-bond acceptors (Lipinski definition) is 4. The van der Waals surface area contributed by atoms with Crippen LogP contribution in [0.2, 0.25) is 5.02 Å². The molecule has 0 unspecified atom stereocenters. The maximum atomic E-state index is 13.6. The summed E-state index contributed by atoms with van der Waals surface area (Å²) in [5.41, 5.74) is 0. The highest BCUT2D eigenvalue weighted by Gasteiger charge is 2.19. The zero-order valence-corrected chi connectivity index (χ0v) is 12.4. The van der Waals surface area contributed by atoms with Crippen LogP contribution in [0.4, 0.5) is 4.39 Å². The second kappa shape index (κ2) is 6.82. The summed E-state index contributed by atoms with van der Waals surface area (Å²) in [7, 11) is -3.85. The monoisotopic (exact) mass is 322 g/mol. The van der Waals surface area contributed by atoms with Crippen LogP contribution in [0, 0.1) is 5.82 Å². The molecule has 2 rings (SSSR count). The molecule has 1 saturated heterocycles. The first-order chi connectivity index (χ1) is 9.49. The molecule has 8 heteroatoms. The predicted octanol–water partition coefficient (Wildman–Crippen LogP) is 1.09. The van der Waals surface area contributed by atoms with Crippen molar-refractivity contribution in [3.05, 3.63) is 29.0 Å². The Bertz CT molecular complexity index is 562. The Balaban J connectivity index is 1.93. The topological polar surface area (TPSA) is 58.6 Å². The number of ether oxygens (including phenoxy) is 1. The van der Waals surface area contributed by atoms with E-state index in [0.29, 0.717) is 19.8 Å². The second-order valence-electron chi connectivity index (χ2n) is 4.43. The van der Waals surface area contributed by atoms with Crippen molar-refractivity contribution >= 4 is 21.6 Å². The van der Waals surface area contributed by atoms with Gasteiger partial charge in [0.1, 0.15) is 10.7 Å². The molecule has 0 radical (unpaired) electrons. The lowest BCUT2D eigenvalue weighted by Crippen LogP contribution is -2.41. The van der Waals surface area contributed by atoms with Gasteiger partial charge in [-0.2, -0.15) is 0 Å². The Morgan fingerprint density at radius 3 is 2.70 bits per heavy atom. The van der Waals surface area contributed by atoms with Crippen LogP contribution in [0.15, 0.2) is 23.1 Å². The molecule has 0 amide bonds. The molecule has 0 atom stereocenters. The lowest BCUT2D eigenvalue weighted by Gasteiger charge is -2.26. The summed E-state index contributed by atoms with van der Waals surface area (Å²) < 4.78 is 45.1. The fourth-order valence-electron chi connectivity index (χ4n) is 1.93. The molecule has 112 valence electrons. The Hall–Kier alpha value is -0.730. The normalized spacial score (nSPS) is 17.3. The standard InChI is InChI=1S/C12H16ClFN2O3S/c13-10-1-2-12(11(14)9-10)20(17,18)15-3-4-16-5-7-19-8-6-16/h1-2,9,15H,3-8H2. The van der Waals surface area contributed by atoms with Crippen molar-refractivity contribution in [1.82, 2.24) is 9.62 Å². The highest BCUT2D eigenvalue weighted by Crippen LogP contribution is 2.18. The Kier molecular flexibility index (Phi) is 5.34. The summed E-state index contributed by atoms with van der Waals surface area (Å²) in [5.74, 6) is -0.851. The van der Waals surface area contributed by atoms with Crippen molar-refractivity contribution in [3.8, 4) is 0 Å². The molecule has 0 spiro atoms. The van der Waals surface area contributed by atoms with E-state index >= 15 is 0 Å². The molecule has 0 saturated carbocycles. The quantitative estimate of drug-likeness (QED) is 0.881. The van der Waals surface area contributed by atoms with E-state index in [4.69, 9.17) is 16.3 Å². The van der Waals surface area contributed by atoms with Gasteiger partial charge in [-0.3, -0.25) is 4.90 Å². The average molecular weight is 323 g/mol. The molecule has 1 aromatic carbocycles. The van der Waals surface area contributed by atoms with Gasteiger partial charge in [-0.1, -0.05) is 11.6 Å². The number of halogens is 2. The van der Waals surface area contributed by atoms with Crippen LogP contribution in [0.25, 0.3) is 0 Å². The van der Waals surface area contributed by atoms with Crippen molar-refractivity contribution in [3.63, 3.8) is 0 Å². The van der Waals surface area contributed by atoms with E-state index in [0.717, 1.165) is 25.2 Å². The minimum atomic E-state index is -3.85. The third-order valence-electron chi connectivity index (χ3n) is 3.01. The molecule has 0 aromatic heterocycles. The summed E-state index contributed by atoms with van der Waals surface area (Å²) in [6.07, 6.45) is 0. The molecule has 1 N–H and O–H groups in total. The molecule has 1 heterocycles. The van der Waals surface area contributed by atoms with Gasteiger partial charge in [-0.15, -0.1) is 0 Å². The lowest BCUT2D eigenvalue weighted by atomic mass is 10.3. The minimum Gasteiger partial charge on any atom is -0.379 e. The Labute approximate surface area is 122 Å². The van der Waals surface area contributed by atoms with Gasteiger partial charge in [0.15, 0.2) is 0 Å². The van der Waals surface area contributed by atoms with Crippen LogP contribution in [-0.4, -0.2) is 52.7 Å². The molecule has 1 aromatic rings. The number of rotatable bonds is 5. The van der Waals surface area contributed by atoms with Gasteiger partial charge in [0, 0.05) is 31.2 Å². The largest absolute Gasteiger partial charge is 0.379 e. The molecule has 1 fully saturated rings. The molecular formula is C12H16ClFN2O3S. The van der Waals surface area contributed by atoms with Gasteiger partial charge in [-0.05, 0) is 18.2 Å². The molecule has 5 nitrogen and oxygen atoms in total. The fourth-order valence-corrected chi connectivity index (χ4v) is 3.17. The highest BCUT2D eigenvalue weighted by molar-refractivity contribution is 7.89. The van der Waals surface area contributed by atoms with Crippen molar-refractivity contribution in [2.45, 2.75) is 4.90 Å². The number of hydrogen-bond donors (Lipinski definition) is 1. The number of nitrogens with zero attached hydrogens (tertiary/aromatic N) is 1. The highest BCUT2D eigenvalue weighted by atomic mass is 35.5. The lowest BCUT2D eigenvalue weighted by molar-refractivity contribution is 0.0390. The molecule has 1 aliphatic heterocycles. The van der Waals surface area contributed by atoms with E-state index in [1.54, 1.807) is 0 Å². The smallest absolute Gasteiger partial charge is 0.243 e. The maximum Gasteiger partial charge on any atom is 0.243 e. The fraction of sp³-hybridized carbons (Fsp3) is 0.500. The van der Waals surface area contributed by atoms with Gasteiger partial charge in [-0.25, -0.2) is 17.5 Å². The number of morpholine rings is 1. The third-order valence-corrected chi connectivity index (χ3v) is 4.74. The number of nitrogens with one attached hydrogen (secondary N) is 1. The molecule has 0 aliphatic carbocycles. The SMILES string of the molecule is O=S(=O)(NCCN1CCOCC1)c1ccc(Cl)cc1F. The van der Waals surface area contributed by atoms with Crippen LogP contribution in [-0.2, 0) is 14.8 Å². The van der Waals surface area contributed by atoms with Gasteiger partial charge in [0.2, 0.25) is 10.0 Å². The van der Waals surface area contributed by atoms with Gasteiger partial charge >= 0.3 is 0 Å². The number of benzene rings is 1. The molecule has 1 aliphatic rings. The van der Waals surface area contributed by atoms with Gasteiger partial charge in [0.05, 0.1) is 13.2 Å². The van der Waals surface area contributed by atoms with E-state index in [1.807, 2.05) is 0 Å². The third kappa shape index (κ3) is 4.13. The predicted molar refractivity (Wildman–Crippen MR) is 73.9 cm³/mol. The zero-order valence-electron chi connectivity index (χ0n) is 10.8. The van der Waals surface area contributed by atoms with Crippen LogP contribution < -0.4 is 4.72 Å². The van der Waals surface area contributed by atoms with Gasteiger partial charge in [0.25, 0.3) is 0 Å². The van der Waals surface area contributed by atoms with E-state index in [-0.39, 0.29) is 16.5 Å². The second-order valence-corrected chi connectivity index (χ2v) is 6.60. The molecular weight excluding hydrogens is 307 g/mol. The first kappa shape index (κ1) is 15.7. The summed E-state index contributed by atoms with van der Waals surface area (Å²) >= 11 is 5.60. The molecule has 0 bridgehead atoms. The summed E-state index contributed by atoms with van der Waals surface area (Å²) in [5, 5.41) is 0.162. The van der Waals surface area contributed by atoms with Crippen LogP contribution >= 0.6 is 11.6 Å². The van der Waals surface area contributed by atoms with Crippen LogP contribution in [0.5, 0.6) is 0 Å². The summed E-state index contributed by atoms with van der Waals surface area (Å²) in [6.45, 7) is 3.65. The van der Waals surface area contributed by atoms with Crippen LogP contribution in [0.1, 0.15) is 0 Å². The van der Waals surface area contributed by atoms with Crippen LogP contribution in [0.3, 0.4) is 0 Å². The van der Waals surface area contributed by atoms with Crippen molar-refractivity contribution in [2.75, 3.05) is 39.4 Å². The molecule has 20 heavy (non-hydrogen) atoms. The number of sulfonamides is 1. The van der Waals surface area contributed by atoms with Crippen molar-refractivity contribution < 1.29 is 17.5 Å². The van der Waals surface area contributed by atoms with Crippen molar-refractivity contribution in [2.24, 2.45) is 0 Å². The maximum absolute atomic E-state index is 13.6. The zero-order chi connectivity index (χ0) is 14.6. The van der Waals surface area contributed by atoms with Gasteiger partial charge < -0.3 is 4.74 Å². The van der Waals surface area contributed by atoms with E-state index in [1.165, 1.54) is 6.07 Å². The first-order valence-electron chi connectivity index (χ1n) is 6.24. The average Bonchev–Trinajstić information content (AvgIpc) is 2.39. The van der Waals surface area contributed by atoms with E-state index in [9.17, 15) is 12.8 Å². The minimum absolute atomic E-state index is 0.162. The summed E-state index contributed by atoms with van der Waals surface area (Å²) in [4.78, 5) is 1.70. The summed E-state index contributed by atoms with van der Waals surface area (Å²) in [6, 6.07) is 3.49. The first-order valence-corrected chi connectivity index (χ1v) is 8.10.